The van der Waals surface area contributed by atoms with E-state index in [0.717, 1.165) is 12.8 Å². The van der Waals surface area contributed by atoms with Crippen LogP contribution in [0.4, 0.5) is 0 Å². The summed E-state index contributed by atoms with van der Waals surface area (Å²) in [6.45, 7) is 5.32. The zero-order chi connectivity index (χ0) is 38.1. The summed E-state index contributed by atoms with van der Waals surface area (Å²) in [4.78, 5) is 48.2. The van der Waals surface area contributed by atoms with E-state index < -0.39 is 23.9 Å². The van der Waals surface area contributed by atoms with Gasteiger partial charge in [-0.1, -0.05) is 25.4 Å². The van der Waals surface area contributed by atoms with Gasteiger partial charge < -0.3 is 63.0 Å². The van der Waals surface area contributed by atoms with Gasteiger partial charge in [0.15, 0.2) is 0 Å². The molecule has 0 aliphatic carbocycles. The van der Waals surface area contributed by atoms with Crippen molar-refractivity contribution in [2.24, 2.45) is 0 Å². The molecule has 10 nitrogen and oxygen atoms in total. The Morgan fingerprint density at radius 2 is 0.836 bits per heavy atom. The van der Waals surface area contributed by atoms with Crippen molar-refractivity contribution in [1.82, 2.24) is 0 Å². The first-order valence-corrected chi connectivity index (χ1v) is 17.3. The maximum Gasteiger partial charge on any atom is 0.343 e. The molecule has 0 atom stereocenters. The number of carbonyl (C=O) groups excluding carboxylic acids is 4. The van der Waals surface area contributed by atoms with Crippen LogP contribution in [0.5, 0.6) is 34.5 Å². The van der Waals surface area contributed by atoms with Crippen molar-refractivity contribution < 1.29 is 64.7 Å². The van der Waals surface area contributed by atoms with Crippen molar-refractivity contribution >= 4 is 23.9 Å². The fraction of sp³-hybridized carbons (Fsp3) is 0.136. The molecule has 0 aliphatic heterocycles. The minimum atomic E-state index is -0.474. The van der Waals surface area contributed by atoms with Crippen LogP contribution in [0.2, 0.25) is 0 Å². The van der Waals surface area contributed by atoms with Crippen molar-refractivity contribution in [3.8, 4) is 34.5 Å². The van der Waals surface area contributed by atoms with Gasteiger partial charge in [-0.25, -0.2) is 21.7 Å². The molecule has 0 radical (unpaired) electrons. The molecule has 6 aromatic rings. The third-order valence-corrected chi connectivity index (χ3v) is 7.41. The molecule has 0 aliphatic rings. The number of carbonyl (C=O) groups is 4. The second kappa shape index (κ2) is 21.3. The summed E-state index contributed by atoms with van der Waals surface area (Å²) in [6, 6.07) is 39.9. The van der Waals surface area contributed by atoms with E-state index in [-0.39, 0.29) is 17.1 Å². The molecule has 0 saturated heterocycles. The molecular weight excluding hydrogens is 744 g/mol. The zero-order valence-corrected chi connectivity index (χ0v) is 31.2. The maximum atomic E-state index is 12.2. The third kappa shape index (κ3) is 12.9. The number of esters is 4. The Labute approximate surface area is 329 Å². The van der Waals surface area contributed by atoms with Gasteiger partial charge >= 0.3 is 11.9 Å². The SMILES string of the molecule is CCCOc1ccc(C(=O)Oc2ccc(OC(=O)[c-]3[cH-][cH-][cH-][cH-]3)cc2)cc1.CCCOc1ccc(C(=O)Oc2ccc(OC(=O)[c-]3cccc3)cc2)cc1.[Fe]. The normalized spacial score (nSPS) is 10.1. The molecular formula is C44H38FeO10-6. The molecule has 288 valence electrons. The minimum Gasteiger partial charge on any atom is -0.680 e. The first kappa shape index (κ1) is 41.3. The van der Waals surface area contributed by atoms with Crippen LogP contribution in [0, 0.1) is 0 Å². The number of benzene rings is 4. The fourth-order valence-electron chi connectivity index (χ4n) is 4.65. The third-order valence-electron chi connectivity index (χ3n) is 7.41. The van der Waals surface area contributed by atoms with Crippen LogP contribution in [-0.2, 0) is 17.1 Å². The Morgan fingerprint density at radius 3 is 1.22 bits per heavy atom. The standard InChI is InChI=1S/2C22H19O5.Fe/c2*1-2-15-25-18-9-7-17(8-10-18)22(24)27-20-13-11-19(12-14-20)26-21(23)16-5-3-4-6-16;/h2*3-14H,2,15H2,1H3;/q-5;-1;. The van der Waals surface area contributed by atoms with Crippen LogP contribution in [0.15, 0.2) is 146 Å². The molecule has 6 aromatic carbocycles. The summed E-state index contributed by atoms with van der Waals surface area (Å²) in [5.41, 5.74) is 1.81. The summed E-state index contributed by atoms with van der Waals surface area (Å²) in [7, 11) is 0. The summed E-state index contributed by atoms with van der Waals surface area (Å²) < 4.78 is 32.2. The van der Waals surface area contributed by atoms with Crippen LogP contribution in [0.3, 0.4) is 0 Å². The van der Waals surface area contributed by atoms with Gasteiger partial charge in [-0.2, -0.15) is 12.1 Å². The Morgan fingerprint density at radius 1 is 0.491 bits per heavy atom. The fourth-order valence-corrected chi connectivity index (χ4v) is 4.65. The van der Waals surface area contributed by atoms with Gasteiger partial charge in [0, 0.05) is 17.1 Å². The Kier molecular flexibility index (Phi) is 16.0. The van der Waals surface area contributed by atoms with Crippen molar-refractivity contribution in [3.05, 3.63) is 168 Å². The van der Waals surface area contributed by atoms with Gasteiger partial charge in [-0.05, 0) is 110 Å². The van der Waals surface area contributed by atoms with Gasteiger partial charge in [0.25, 0.3) is 5.97 Å². The summed E-state index contributed by atoms with van der Waals surface area (Å²) in [5.74, 6) is 1.08. The molecule has 11 heteroatoms. The van der Waals surface area contributed by atoms with E-state index in [0.29, 0.717) is 70.0 Å². The van der Waals surface area contributed by atoms with E-state index in [4.69, 9.17) is 28.4 Å². The zero-order valence-electron chi connectivity index (χ0n) is 30.1. The first-order valence-electron chi connectivity index (χ1n) is 17.3. The number of ether oxygens (including phenoxy) is 6. The second-order valence-corrected chi connectivity index (χ2v) is 11.6. The van der Waals surface area contributed by atoms with Gasteiger partial charge in [0.2, 0.25) is 0 Å². The van der Waals surface area contributed by atoms with E-state index in [1.165, 1.54) is 0 Å². The van der Waals surface area contributed by atoms with E-state index >= 15 is 0 Å². The Balaban J connectivity index is 0.000000240. The van der Waals surface area contributed by atoms with Crippen LogP contribution >= 0.6 is 0 Å². The smallest absolute Gasteiger partial charge is 0.343 e. The molecule has 6 rings (SSSR count). The Bertz CT molecular complexity index is 1920. The number of hydrogen-bond acceptors (Lipinski definition) is 10. The summed E-state index contributed by atoms with van der Waals surface area (Å²) >= 11 is 0. The van der Waals surface area contributed by atoms with Gasteiger partial charge in [0.05, 0.1) is 30.1 Å². The Hall–Kier alpha value is -6.42. The summed E-state index contributed by atoms with van der Waals surface area (Å²) in [5, 5.41) is 0. The van der Waals surface area contributed by atoms with E-state index in [9.17, 15) is 19.2 Å². The molecule has 0 amide bonds. The number of rotatable bonds is 14. The maximum absolute atomic E-state index is 12.2. The van der Waals surface area contributed by atoms with E-state index in [1.807, 2.05) is 13.8 Å². The monoisotopic (exact) mass is 782 g/mol. The average molecular weight is 783 g/mol. The second-order valence-electron chi connectivity index (χ2n) is 11.6. The quantitative estimate of drug-likeness (QED) is 0.0457. The largest absolute Gasteiger partial charge is 0.680 e. The topological polar surface area (TPSA) is 124 Å². The van der Waals surface area contributed by atoms with E-state index in [1.54, 1.807) is 146 Å². The molecule has 0 spiro atoms. The molecule has 0 fully saturated rings. The minimum absolute atomic E-state index is 0. The molecule has 0 aromatic heterocycles. The van der Waals surface area contributed by atoms with Gasteiger partial charge in [0.1, 0.15) is 28.7 Å². The molecule has 0 bridgehead atoms. The van der Waals surface area contributed by atoms with Crippen molar-refractivity contribution in [3.63, 3.8) is 0 Å². The van der Waals surface area contributed by atoms with Crippen LogP contribution < -0.4 is 28.4 Å². The van der Waals surface area contributed by atoms with Crippen molar-refractivity contribution in [1.29, 1.82) is 0 Å². The summed E-state index contributed by atoms with van der Waals surface area (Å²) in [6.07, 6.45) is 1.84. The number of hydrogen-bond donors (Lipinski definition) is 0. The van der Waals surface area contributed by atoms with Gasteiger partial charge in [-0.15, -0.1) is 0 Å². The first-order chi connectivity index (χ1) is 26.3. The van der Waals surface area contributed by atoms with Crippen molar-refractivity contribution in [2.75, 3.05) is 13.2 Å². The predicted octanol–water partition coefficient (Wildman–Crippen LogP) is 9.26. The van der Waals surface area contributed by atoms with Crippen LogP contribution in [0.1, 0.15) is 68.1 Å². The molecule has 55 heavy (non-hydrogen) atoms. The predicted molar refractivity (Wildman–Crippen MR) is 201 cm³/mol. The molecule has 0 heterocycles. The van der Waals surface area contributed by atoms with Crippen molar-refractivity contribution in [2.45, 2.75) is 26.7 Å². The average Bonchev–Trinajstić information content (AvgIpc) is 3.95. The molecule has 0 N–H and O–H groups in total. The molecule has 0 saturated carbocycles. The van der Waals surface area contributed by atoms with Gasteiger partial charge in [-0.3, -0.25) is 4.79 Å². The van der Waals surface area contributed by atoms with Crippen LogP contribution in [-0.4, -0.2) is 37.1 Å². The molecule has 0 unspecified atom stereocenters. The van der Waals surface area contributed by atoms with Crippen LogP contribution in [0.25, 0.3) is 0 Å². The van der Waals surface area contributed by atoms with E-state index in [2.05, 4.69) is 0 Å².